The monoisotopic (exact) mass is 346 g/mol. The molecule has 1 amide bonds. The van der Waals surface area contributed by atoms with E-state index in [2.05, 4.69) is 5.10 Å². The summed E-state index contributed by atoms with van der Waals surface area (Å²) in [4.78, 5) is 23.2. The second-order valence-corrected chi connectivity index (χ2v) is 5.87. The molecule has 124 valence electrons. The first kappa shape index (κ1) is 16.3. The summed E-state index contributed by atoms with van der Waals surface area (Å²) in [5.41, 5.74) is 1.49. The lowest BCUT2D eigenvalue weighted by molar-refractivity contribution is -0.141. The number of rotatable bonds is 5. The first-order chi connectivity index (χ1) is 11.5. The molecule has 0 saturated heterocycles. The van der Waals surface area contributed by atoms with Crippen LogP contribution >= 0.6 is 11.6 Å². The molecule has 1 aromatic heterocycles. The van der Waals surface area contributed by atoms with E-state index >= 15 is 0 Å². The van der Waals surface area contributed by atoms with E-state index < -0.39 is 5.97 Å². The molecule has 24 heavy (non-hydrogen) atoms. The van der Waals surface area contributed by atoms with Crippen LogP contribution < -0.4 is 0 Å². The lowest BCUT2D eigenvalue weighted by atomic mass is 10.0. The van der Waals surface area contributed by atoms with Crippen LogP contribution in [0.3, 0.4) is 0 Å². The zero-order valence-electron chi connectivity index (χ0n) is 12.7. The molecule has 7 heteroatoms. The Kier molecular flexibility index (Phi) is 4.66. The van der Waals surface area contributed by atoms with Crippen molar-refractivity contribution >= 4 is 29.2 Å². The molecule has 1 N–H and O–H groups in total. The van der Waals surface area contributed by atoms with Crippen molar-refractivity contribution in [1.82, 2.24) is 5.01 Å². The van der Waals surface area contributed by atoms with Gasteiger partial charge in [0.1, 0.15) is 11.5 Å². The highest BCUT2D eigenvalue weighted by atomic mass is 35.5. The number of benzene rings is 1. The first-order valence-corrected chi connectivity index (χ1v) is 7.83. The van der Waals surface area contributed by atoms with Gasteiger partial charge in [0, 0.05) is 17.9 Å². The zero-order chi connectivity index (χ0) is 17.1. The van der Waals surface area contributed by atoms with E-state index in [9.17, 15) is 9.59 Å². The fourth-order valence-electron chi connectivity index (χ4n) is 2.63. The largest absolute Gasteiger partial charge is 0.481 e. The van der Waals surface area contributed by atoms with Gasteiger partial charge in [-0.1, -0.05) is 23.7 Å². The number of hydrazone groups is 1. The maximum absolute atomic E-state index is 12.4. The number of carboxylic acid groups (broad SMARTS) is 1. The minimum Gasteiger partial charge on any atom is -0.481 e. The number of nitrogens with zero attached hydrogens (tertiary/aromatic N) is 2. The van der Waals surface area contributed by atoms with Gasteiger partial charge in [0.15, 0.2) is 0 Å². The number of furan rings is 1. The SMILES string of the molecule is O=C(O)CCC(=O)N1N=C(c2ccco2)CC1c1cccc(Cl)c1. The van der Waals surface area contributed by atoms with Crippen LogP contribution in [-0.4, -0.2) is 27.7 Å². The van der Waals surface area contributed by atoms with Crippen molar-refractivity contribution in [3.63, 3.8) is 0 Å². The van der Waals surface area contributed by atoms with Crippen LogP contribution in [0.15, 0.2) is 52.2 Å². The molecule has 1 aliphatic heterocycles. The second-order valence-electron chi connectivity index (χ2n) is 5.43. The average Bonchev–Trinajstić information content (AvgIpc) is 3.21. The minimum atomic E-state index is -1.02. The average molecular weight is 347 g/mol. The number of aliphatic carboxylic acids is 1. The van der Waals surface area contributed by atoms with E-state index in [1.54, 1.807) is 30.5 Å². The Morgan fingerprint density at radius 3 is 2.79 bits per heavy atom. The van der Waals surface area contributed by atoms with E-state index in [1.165, 1.54) is 5.01 Å². The highest BCUT2D eigenvalue weighted by Gasteiger charge is 2.34. The summed E-state index contributed by atoms with van der Waals surface area (Å²) in [6, 6.07) is 10.4. The molecule has 1 aromatic carbocycles. The summed E-state index contributed by atoms with van der Waals surface area (Å²) >= 11 is 6.05. The maximum atomic E-state index is 12.4. The topological polar surface area (TPSA) is 83.1 Å². The first-order valence-electron chi connectivity index (χ1n) is 7.45. The Bertz CT molecular complexity index is 786. The molecular formula is C17H15ClN2O4. The van der Waals surface area contributed by atoms with Crippen molar-refractivity contribution in [3.8, 4) is 0 Å². The third kappa shape index (κ3) is 3.49. The van der Waals surface area contributed by atoms with Gasteiger partial charge in [-0.15, -0.1) is 0 Å². The molecule has 2 heterocycles. The van der Waals surface area contributed by atoms with Gasteiger partial charge >= 0.3 is 5.97 Å². The van der Waals surface area contributed by atoms with Gasteiger partial charge in [-0.25, -0.2) is 5.01 Å². The van der Waals surface area contributed by atoms with Gasteiger partial charge in [0.05, 0.1) is 18.7 Å². The Morgan fingerprint density at radius 1 is 1.29 bits per heavy atom. The number of carbonyl (C=O) groups excluding carboxylic acids is 1. The number of halogens is 1. The highest BCUT2D eigenvalue weighted by Crippen LogP contribution is 2.34. The standard InChI is InChI=1S/C17H15ClN2O4/c18-12-4-1-3-11(9-12)14-10-13(15-5-2-8-24-15)19-20(14)16(21)6-7-17(22)23/h1-5,8-9,14H,6-7,10H2,(H,22,23). The van der Waals surface area contributed by atoms with Gasteiger partial charge in [0.25, 0.3) is 0 Å². The van der Waals surface area contributed by atoms with Gasteiger partial charge in [0.2, 0.25) is 5.91 Å². The number of hydrogen-bond acceptors (Lipinski definition) is 4. The molecule has 1 unspecified atom stereocenters. The van der Waals surface area contributed by atoms with Gasteiger partial charge in [-0.2, -0.15) is 5.10 Å². The Balaban J connectivity index is 1.89. The molecule has 2 aromatic rings. The van der Waals surface area contributed by atoms with E-state index in [1.807, 2.05) is 12.1 Å². The molecule has 0 fully saturated rings. The molecule has 6 nitrogen and oxygen atoms in total. The summed E-state index contributed by atoms with van der Waals surface area (Å²) in [7, 11) is 0. The molecule has 1 aliphatic rings. The molecule has 0 radical (unpaired) electrons. The lowest BCUT2D eigenvalue weighted by Gasteiger charge is -2.22. The fourth-order valence-corrected chi connectivity index (χ4v) is 2.83. The van der Waals surface area contributed by atoms with Gasteiger partial charge < -0.3 is 9.52 Å². The Morgan fingerprint density at radius 2 is 2.12 bits per heavy atom. The molecular weight excluding hydrogens is 332 g/mol. The van der Waals surface area contributed by atoms with Crippen molar-refractivity contribution in [2.75, 3.05) is 0 Å². The van der Waals surface area contributed by atoms with Crippen LogP contribution in [0.5, 0.6) is 0 Å². The quantitative estimate of drug-likeness (QED) is 0.898. The van der Waals surface area contributed by atoms with Crippen LogP contribution in [0.2, 0.25) is 5.02 Å². The third-order valence-corrected chi connectivity index (χ3v) is 3.99. The van der Waals surface area contributed by atoms with Crippen LogP contribution in [0.25, 0.3) is 0 Å². The van der Waals surface area contributed by atoms with E-state index in [0.29, 0.717) is 22.9 Å². The van der Waals surface area contributed by atoms with E-state index in [4.69, 9.17) is 21.1 Å². The summed E-state index contributed by atoms with van der Waals surface area (Å²) in [6.45, 7) is 0. The predicted molar refractivity (Wildman–Crippen MR) is 87.8 cm³/mol. The minimum absolute atomic E-state index is 0.110. The van der Waals surface area contributed by atoms with Crippen molar-refractivity contribution in [2.45, 2.75) is 25.3 Å². The maximum Gasteiger partial charge on any atom is 0.303 e. The van der Waals surface area contributed by atoms with Gasteiger partial charge in [-0.3, -0.25) is 9.59 Å². The second kappa shape index (κ2) is 6.88. The molecule has 0 aliphatic carbocycles. The number of carboxylic acids is 1. The summed E-state index contributed by atoms with van der Waals surface area (Å²) in [5.74, 6) is -0.767. The number of amides is 1. The van der Waals surface area contributed by atoms with Crippen molar-refractivity contribution in [3.05, 3.63) is 59.0 Å². The zero-order valence-corrected chi connectivity index (χ0v) is 13.4. The number of hydrogen-bond donors (Lipinski definition) is 1. The molecule has 0 bridgehead atoms. The Hall–Kier alpha value is -2.60. The Labute approximate surface area is 143 Å². The van der Waals surface area contributed by atoms with Crippen LogP contribution in [0.4, 0.5) is 0 Å². The van der Waals surface area contributed by atoms with Crippen molar-refractivity contribution in [2.24, 2.45) is 5.10 Å². The third-order valence-electron chi connectivity index (χ3n) is 3.76. The van der Waals surface area contributed by atoms with Crippen LogP contribution in [0.1, 0.15) is 36.6 Å². The van der Waals surface area contributed by atoms with Crippen molar-refractivity contribution in [1.29, 1.82) is 0 Å². The van der Waals surface area contributed by atoms with Crippen LogP contribution in [0, 0.1) is 0 Å². The van der Waals surface area contributed by atoms with Crippen LogP contribution in [-0.2, 0) is 9.59 Å². The summed E-state index contributed by atoms with van der Waals surface area (Å²) in [5, 5.41) is 15.1. The normalized spacial score (nSPS) is 17.0. The summed E-state index contributed by atoms with van der Waals surface area (Å²) in [6.07, 6.45) is 1.68. The van der Waals surface area contributed by atoms with Crippen molar-refractivity contribution < 1.29 is 19.1 Å². The molecule has 0 spiro atoms. The smallest absolute Gasteiger partial charge is 0.303 e. The fraction of sp³-hybridized carbons (Fsp3) is 0.235. The van der Waals surface area contributed by atoms with E-state index in [0.717, 1.165) is 5.56 Å². The predicted octanol–water partition coefficient (Wildman–Crippen LogP) is 3.48. The highest BCUT2D eigenvalue weighted by molar-refractivity contribution is 6.30. The molecule has 1 atom stereocenters. The number of carbonyl (C=O) groups is 2. The van der Waals surface area contributed by atoms with E-state index in [-0.39, 0.29) is 24.8 Å². The lowest BCUT2D eigenvalue weighted by Crippen LogP contribution is -2.27. The van der Waals surface area contributed by atoms with Gasteiger partial charge in [-0.05, 0) is 29.8 Å². The molecule has 0 saturated carbocycles. The molecule has 3 rings (SSSR count). The summed E-state index contributed by atoms with van der Waals surface area (Å²) < 4.78 is 5.36.